The third-order valence-electron chi connectivity index (χ3n) is 2.37. The van der Waals surface area contributed by atoms with Gasteiger partial charge < -0.3 is 5.32 Å². The highest BCUT2D eigenvalue weighted by Crippen LogP contribution is 2.06. The lowest BCUT2D eigenvalue weighted by Gasteiger charge is -2.06. The van der Waals surface area contributed by atoms with Crippen LogP contribution in [0, 0.1) is 0 Å². The zero-order valence-corrected chi connectivity index (χ0v) is 11.8. The van der Waals surface area contributed by atoms with Gasteiger partial charge in [-0.3, -0.25) is 0 Å². The molecule has 5 nitrogen and oxygen atoms in total. The number of pyridine rings is 1. The van der Waals surface area contributed by atoms with E-state index in [2.05, 4.69) is 21.9 Å². The summed E-state index contributed by atoms with van der Waals surface area (Å²) in [7, 11) is -3.45. The van der Waals surface area contributed by atoms with E-state index in [1.54, 1.807) is 18.3 Å². The molecule has 1 rings (SSSR count). The van der Waals surface area contributed by atoms with E-state index in [1.165, 1.54) is 0 Å². The van der Waals surface area contributed by atoms with Gasteiger partial charge in [-0.05, 0) is 31.0 Å². The van der Waals surface area contributed by atoms with E-state index in [1.807, 2.05) is 6.92 Å². The van der Waals surface area contributed by atoms with Crippen LogP contribution in [0.4, 0.5) is 0 Å². The van der Waals surface area contributed by atoms with Crippen LogP contribution in [0.2, 0.25) is 0 Å². The highest BCUT2D eigenvalue weighted by atomic mass is 32.2. The molecule has 0 aliphatic carbocycles. The van der Waals surface area contributed by atoms with Gasteiger partial charge in [0, 0.05) is 19.3 Å². The number of nitrogens with zero attached hydrogens (tertiary/aromatic N) is 1. The summed E-state index contributed by atoms with van der Waals surface area (Å²) in [6.45, 7) is 6.10. The van der Waals surface area contributed by atoms with Crippen LogP contribution in [0.3, 0.4) is 0 Å². The van der Waals surface area contributed by atoms with Crippen LogP contribution < -0.4 is 10.0 Å². The molecular weight excluding hydrogens is 250 g/mol. The molecule has 0 spiro atoms. The molecule has 0 unspecified atom stereocenters. The molecule has 1 aromatic heterocycles. The number of sulfonamides is 1. The molecular formula is C12H21N3O2S. The number of aromatic nitrogens is 1. The smallest absolute Gasteiger partial charge is 0.258 e. The van der Waals surface area contributed by atoms with Crippen molar-refractivity contribution in [1.29, 1.82) is 0 Å². The van der Waals surface area contributed by atoms with Gasteiger partial charge in [-0.25, -0.2) is 18.1 Å². The van der Waals surface area contributed by atoms with Crippen LogP contribution in [0.25, 0.3) is 0 Å². The Bertz CT molecular complexity index is 443. The monoisotopic (exact) mass is 271 g/mol. The Balaban J connectivity index is 2.64. The van der Waals surface area contributed by atoms with E-state index in [4.69, 9.17) is 0 Å². The van der Waals surface area contributed by atoms with Gasteiger partial charge in [0.1, 0.15) is 0 Å². The van der Waals surface area contributed by atoms with Crippen molar-refractivity contribution in [3.05, 3.63) is 23.9 Å². The summed E-state index contributed by atoms with van der Waals surface area (Å²) in [4.78, 5) is 3.99. The number of hydrogen-bond acceptors (Lipinski definition) is 4. The molecule has 1 aromatic rings. The fraction of sp³-hybridized carbons (Fsp3) is 0.583. The van der Waals surface area contributed by atoms with Gasteiger partial charge in [-0.2, -0.15) is 0 Å². The third kappa shape index (κ3) is 4.72. The standard InChI is InChI=1S/C12H21N3O2S/c1-3-7-13-9-11-5-6-12(14-10-11)18(16,17)15-8-4-2/h5-6,10,13,15H,3-4,7-9H2,1-2H3. The second kappa shape index (κ2) is 7.45. The molecule has 6 heteroatoms. The summed E-state index contributed by atoms with van der Waals surface area (Å²) < 4.78 is 26.0. The average molecular weight is 271 g/mol. The Kier molecular flexibility index (Phi) is 6.24. The maximum Gasteiger partial charge on any atom is 0.258 e. The van der Waals surface area contributed by atoms with Crippen molar-refractivity contribution in [2.24, 2.45) is 0 Å². The Labute approximate surface area is 109 Å². The molecule has 0 saturated carbocycles. The zero-order valence-electron chi connectivity index (χ0n) is 10.9. The molecule has 0 aromatic carbocycles. The first-order chi connectivity index (χ1) is 8.60. The summed E-state index contributed by atoms with van der Waals surface area (Å²) in [6, 6.07) is 3.33. The van der Waals surface area contributed by atoms with Crippen LogP contribution in [0.15, 0.2) is 23.4 Å². The minimum absolute atomic E-state index is 0.0789. The second-order valence-electron chi connectivity index (χ2n) is 4.08. The highest BCUT2D eigenvalue weighted by molar-refractivity contribution is 7.89. The summed E-state index contributed by atoms with van der Waals surface area (Å²) in [5.74, 6) is 0. The Morgan fingerprint density at radius 3 is 2.44 bits per heavy atom. The predicted octanol–water partition coefficient (Wildman–Crippen LogP) is 1.27. The number of rotatable bonds is 8. The lowest BCUT2D eigenvalue weighted by Crippen LogP contribution is -2.25. The molecule has 1 heterocycles. The van der Waals surface area contributed by atoms with Gasteiger partial charge in [-0.1, -0.05) is 19.9 Å². The second-order valence-corrected chi connectivity index (χ2v) is 5.79. The van der Waals surface area contributed by atoms with E-state index in [-0.39, 0.29) is 5.03 Å². The lowest BCUT2D eigenvalue weighted by molar-refractivity contribution is 0.576. The van der Waals surface area contributed by atoms with Crippen LogP contribution >= 0.6 is 0 Å². The minimum atomic E-state index is -3.45. The fourth-order valence-corrected chi connectivity index (χ4v) is 2.45. The minimum Gasteiger partial charge on any atom is -0.313 e. The van der Waals surface area contributed by atoms with Crippen molar-refractivity contribution < 1.29 is 8.42 Å². The Hall–Kier alpha value is -0.980. The largest absolute Gasteiger partial charge is 0.313 e. The lowest BCUT2D eigenvalue weighted by atomic mass is 10.3. The molecule has 0 atom stereocenters. The quantitative estimate of drug-likeness (QED) is 0.699. The van der Waals surface area contributed by atoms with Gasteiger partial charge >= 0.3 is 0 Å². The van der Waals surface area contributed by atoms with Crippen molar-refractivity contribution >= 4 is 10.0 Å². The molecule has 0 aliphatic heterocycles. The molecule has 0 saturated heterocycles. The first-order valence-electron chi connectivity index (χ1n) is 6.25. The SMILES string of the molecule is CCCNCc1ccc(S(=O)(=O)NCCC)nc1. The average Bonchev–Trinajstić information content (AvgIpc) is 2.37. The highest BCUT2D eigenvalue weighted by Gasteiger charge is 2.13. The van der Waals surface area contributed by atoms with Crippen LogP contribution in [0.1, 0.15) is 32.3 Å². The van der Waals surface area contributed by atoms with Crippen molar-refractivity contribution in [2.75, 3.05) is 13.1 Å². The topological polar surface area (TPSA) is 71.1 Å². The predicted molar refractivity (Wildman–Crippen MR) is 71.7 cm³/mol. The van der Waals surface area contributed by atoms with Gasteiger partial charge in [0.25, 0.3) is 10.0 Å². The van der Waals surface area contributed by atoms with Crippen molar-refractivity contribution in [2.45, 2.75) is 38.3 Å². The van der Waals surface area contributed by atoms with Crippen LogP contribution in [-0.2, 0) is 16.6 Å². The van der Waals surface area contributed by atoms with Gasteiger partial charge in [0.05, 0.1) is 0 Å². The van der Waals surface area contributed by atoms with Crippen molar-refractivity contribution in [3.63, 3.8) is 0 Å². The Morgan fingerprint density at radius 1 is 1.17 bits per heavy atom. The summed E-state index contributed by atoms with van der Waals surface area (Å²) in [5, 5.41) is 3.32. The van der Waals surface area contributed by atoms with E-state index < -0.39 is 10.0 Å². The molecule has 0 amide bonds. The number of hydrogen-bond donors (Lipinski definition) is 2. The fourth-order valence-electron chi connectivity index (χ4n) is 1.39. The first-order valence-corrected chi connectivity index (χ1v) is 7.73. The Morgan fingerprint density at radius 2 is 1.89 bits per heavy atom. The van der Waals surface area contributed by atoms with E-state index in [0.717, 1.165) is 24.9 Å². The summed E-state index contributed by atoms with van der Waals surface area (Å²) in [6.07, 6.45) is 3.43. The first kappa shape index (κ1) is 15.1. The maximum atomic E-state index is 11.8. The molecule has 0 fully saturated rings. The third-order valence-corrected chi connectivity index (χ3v) is 3.75. The summed E-state index contributed by atoms with van der Waals surface area (Å²) >= 11 is 0. The number of nitrogens with one attached hydrogen (secondary N) is 2. The molecule has 0 bridgehead atoms. The van der Waals surface area contributed by atoms with Gasteiger partial charge in [0.15, 0.2) is 5.03 Å². The van der Waals surface area contributed by atoms with E-state index >= 15 is 0 Å². The normalized spacial score (nSPS) is 11.7. The van der Waals surface area contributed by atoms with E-state index in [0.29, 0.717) is 13.1 Å². The molecule has 18 heavy (non-hydrogen) atoms. The van der Waals surface area contributed by atoms with E-state index in [9.17, 15) is 8.42 Å². The molecule has 102 valence electrons. The van der Waals surface area contributed by atoms with Crippen LogP contribution in [0.5, 0.6) is 0 Å². The van der Waals surface area contributed by atoms with Gasteiger partial charge in [0.2, 0.25) is 0 Å². The van der Waals surface area contributed by atoms with Crippen molar-refractivity contribution in [1.82, 2.24) is 15.0 Å². The zero-order chi connectivity index (χ0) is 13.4. The molecule has 0 radical (unpaired) electrons. The summed E-state index contributed by atoms with van der Waals surface area (Å²) in [5.41, 5.74) is 0.984. The molecule has 2 N–H and O–H groups in total. The van der Waals surface area contributed by atoms with Crippen molar-refractivity contribution in [3.8, 4) is 0 Å². The van der Waals surface area contributed by atoms with Crippen LogP contribution in [-0.4, -0.2) is 26.5 Å². The maximum absolute atomic E-state index is 11.8. The van der Waals surface area contributed by atoms with Gasteiger partial charge in [-0.15, -0.1) is 0 Å². The molecule has 0 aliphatic rings.